The van der Waals surface area contributed by atoms with E-state index in [1.54, 1.807) is 0 Å². The maximum atomic E-state index is 4.54. The molecule has 0 fully saturated rings. The van der Waals surface area contributed by atoms with E-state index in [0.29, 0.717) is 0 Å². The normalized spacial score (nSPS) is 17.1. The Morgan fingerprint density at radius 3 is 2.76 bits per heavy atom. The topological polar surface area (TPSA) is 12.9 Å². The van der Waals surface area contributed by atoms with Gasteiger partial charge in [-0.3, -0.25) is 0 Å². The van der Waals surface area contributed by atoms with Gasteiger partial charge in [0.2, 0.25) is 0 Å². The lowest BCUT2D eigenvalue weighted by atomic mass is 9.90. The quantitative estimate of drug-likeness (QED) is 0.734. The molecule has 2 aromatic rings. The molecule has 1 aliphatic heterocycles. The van der Waals surface area contributed by atoms with E-state index < -0.39 is 0 Å². The zero-order valence-electron chi connectivity index (χ0n) is 11.9. The summed E-state index contributed by atoms with van der Waals surface area (Å²) < 4.78 is 0. The van der Waals surface area contributed by atoms with E-state index in [4.69, 9.17) is 0 Å². The molecule has 1 aromatic heterocycles. The van der Waals surface area contributed by atoms with Gasteiger partial charge >= 0.3 is 0 Å². The predicted octanol–water partition coefficient (Wildman–Crippen LogP) is 4.99. The third-order valence-corrected chi connectivity index (χ3v) is 5.10. The van der Waals surface area contributed by atoms with Crippen molar-refractivity contribution in [1.82, 2.24) is 4.98 Å². The molecular weight excluding hydrogens is 274 g/mol. The number of allylic oxidation sites excluding steroid dienone is 3. The number of fused-ring (bicyclic) bond motifs is 2. The van der Waals surface area contributed by atoms with Crippen LogP contribution in [0.5, 0.6) is 0 Å². The Morgan fingerprint density at radius 2 is 1.76 bits per heavy atom. The van der Waals surface area contributed by atoms with Crippen molar-refractivity contribution in [2.24, 2.45) is 0 Å². The number of aryl methyl sites for hydroxylation is 1. The van der Waals surface area contributed by atoms with Gasteiger partial charge in [0.05, 0.1) is 0 Å². The van der Waals surface area contributed by atoms with Crippen LogP contribution in [0.15, 0.2) is 59.8 Å². The molecule has 4 rings (SSSR count). The maximum Gasteiger partial charge on any atom is 0.104 e. The van der Waals surface area contributed by atoms with Gasteiger partial charge < -0.3 is 0 Å². The third kappa shape index (κ3) is 2.34. The average Bonchev–Trinajstić information content (AvgIpc) is 2.77. The summed E-state index contributed by atoms with van der Waals surface area (Å²) in [6, 6.07) is 13.1. The minimum Gasteiger partial charge on any atom is -0.249 e. The minimum absolute atomic E-state index is 1.01. The van der Waals surface area contributed by atoms with Crippen molar-refractivity contribution in [2.45, 2.75) is 24.3 Å². The molecule has 104 valence electrons. The van der Waals surface area contributed by atoms with Crippen LogP contribution in [0, 0.1) is 0 Å². The second kappa shape index (κ2) is 5.53. The van der Waals surface area contributed by atoms with Crippen molar-refractivity contribution < 1.29 is 0 Å². The molecule has 2 heterocycles. The zero-order chi connectivity index (χ0) is 14.1. The van der Waals surface area contributed by atoms with Gasteiger partial charge in [0.15, 0.2) is 0 Å². The van der Waals surface area contributed by atoms with E-state index in [0.717, 1.165) is 17.2 Å². The largest absolute Gasteiger partial charge is 0.249 e. The first kappa shape index (κ1) is 12.9. The monoisotopic (exact) mass is 291 g/mol. The first-order valence-corrected chi connectivity index (χ1v) is 8.49. The summed E-state index contributed by atoms with van der Waals surface area (Å²) in [6.45, 7) is 0. The van der Waals surface area contributed by atoms with Crippen LogP contribution in [-0.4, -0.2) is 10.7 Å². The van der Waals surface area contributed by atoms with Crippen molar-refractivity contribution in [3.63, 3.8) is 0 Å². The first-order chi connectivity index (χ1) is 10.4. The Labute approximate surface area is 129 Å². The summed E-state index contributed by atoms with van der Waals surface area (Å²) in [7, 11) is 0. The van der Waals surface area contributed by atoms with Crippen LogP contribution in [-0.2, 0) is 6.42 Å². The lowest BCUT2D eigenvalue weighted by Crippen LogP contribution is -2.01. The molecule has 0 saturated carbocycles. The SMILES string of the molecule is C1=C(C2=CCSc3ncccc32)c2ccccc2CCC1. The van der Waals surface area contributed by atoms with Crippen LogP contribution in [0.4, 0.5) is 0 Å². The highest BCUT2D eigenvalue weighted by Gasteiger charge is 2.20. The van der Waals surface area contributed by atoms with Crippen molar-refractivity contribution in [3.8, 4) is 0 Å². The summed E-state index contributed by atoms with van der Waals surface area (Å²) in [5.74, 6) is 1.01. The Kier molecular flexibility index (Phi) is 3.40. The van der Waals surface area contributed by atoms with E-state index in [9.17, 15) is 0 Å². The van der Waals surface area contributed by atoms with Gasteiger partial charge in [-0.25, -0.2) is 4.98 Å². The van der Waals surface area contributed by atoms with Gasteiger partial charge in [-0.15, -0.1) is 11.8 Å². The van der Waals surface area contributed by atoms with Gasteiger partial charge in [-0.1, -0.05) is 42.5 Å². The predicted molar refractivity (Wildman–Crippen MR) is 90.3 cm³/mol. The molecule has 2 heteroatoms. The first-order valence-electron chi connectivity index (χ1n) is 7.50. The summed E-state index contributed by atoms with van der Waals surface area (Å²) in [5.41, 5.74) is 6.94. The van der Waals surface area contributed by atoms with E-state index in [2.05, 4.69) is 47.5 Å². The van der Waals surface area contributed by atoms with E-state index in [1.807, 2.05) is 24.0 Å². The maximum absolute atomic E-state index is 4.54. The molecule has 0 saturated heterocycles. The van der Waals surface area contributed by atoms with Crippen LogP contribution in [0.1, 0.15) is 29.5 Å². The number of benzene rings is 1. The highest BCUT2D eigenvalue weighted by molar-refractivity contribution is 7.99. The van der Waals surface area contributed by atoms with E-state index in [-0.39, 0.29) is 0 Å². The van der Waals surface area contributed by atoms with Crippen LogP contribution < -0.4 is 0 Å². The Hall–Kier alpha value is -1.80. The molecule has 1 aromatic carbocycles. The number of rotatable bonds is 1. The molecule has 0 unspecified atom stereocenters. The highest BCUT2D eigenvalue weighted by Crippen LogP contribution is 2.41. The van der Waals surface area contributed by atoms with Gasteiger partial charge in [0, 0.05) is 17.5 Å². The number of nitrogens with zero attached hydrogens (tertiary/aromatic N) is 1. The lowest BCUT2D eigenvalue weighted by Gasteiger charge is -2.20. The fourth-order valence-electron chi connectivity index (χ4n) is 3.18. The molecule has 0 atom stereocenters. The molecule has 1 aliphatic carbocycles. The van der Waals surface area contributed by atoms with Crippen LogP contribution in [0.25, 0.3) is 11.1 Å². The van der Waals surface area contributed by atoms with Crippen LogP contribution in [0.2, 0.25) is 0 Å². The van der Waals surface area contributed by atoms with E-state index >= 15 is 0 Å². The smallest absolute Gasteiger partial charge is 0.104 e. The van der Waals surface area contributed by atoms with Gasteiger partial charge in [0.25, 0.3) is 0 Å². The van der Waals surface area contributed by atoms with Gasteiger partial charge in [0.1, 0.15) is 5.03 Å². The molecule has 21 heavy (non-hydrogen) atoms. The molecule has 0 bridgehead atoms. The summed E-state index contributed by atoms with van der Waals surface area (Å²) >= 11 is 1.83. The number of aromatic nitrogens is 1. The zero-order valence-corrected chi connectivity index (χ0v) is 12.7. The molecule has 2 aliphatic rings. The number of hydrogen-bond donors (Lipinski definition) is 0. The number of thioether (sulfide) groups is 1. The van der Waals surface area contributed by atoms with E-state index in [1.165, 1.54) is 40.7 Å². The van der Waals surface area contributed by atoms with Crippen molar-refractivity contribution in [2.75, 3.05) is 5.75 Å². The average molecular weight is 291 g/mol. The van der Waals surface area contributed by atoms with Crippen molar-refractivity contribution in [3.05, 3.63) is 71.4 Å². The summed E-state index contributed by atoms with van der Waals surface area (Å²) in [6.07, 6.45) is 10.3. The Balaban J connectivity index is 1.87. The second-order valence-electron chi connectivity index (χ2n) is 5.45. The Bertz CT molecular complexity index is 743. The standard InChI is InChI=1S/C19H17NS/c1-3-8-15-14(6-1)7-2-4-9-16(15)17-11-13-21-19-18(17)10-5-12-20-19/h1,3,5-6,8-12H,2,4,7,13H2. The highest BCUT2D eigenvalue weighted by atomic mass is 32.2. The number of hydrogen-bond acceptors (Lipinski definition) is 2. The summed E-state index contributed by atoms with van der Waals surface area (Å²) in [5, 5.41) is 1.16. The van der Waals surface area contributed by atoms with Gasteiger partial charge in [-0.05, 0) is 47.6 Å². The van der Waals surface area contributed by atoms with Crippen molar-refractivity contribution >= 4 is 22.9 Å². The van der Waals surface area contributed by atoms with Crippen LogP contribution >= 0.6 is 11.8 Å². The van der Waals surface area contributed by atoms with Crippen LogP contribution in [0.3, 0.4) is 0 Å². The molecule has 0 spiro atoms. The van der Waals surface area contributed by atoms with Gasteiger partial charge in [-0.2, -0.15) is 0 Å². The summed E-state index contributed by atoms with van der Waals surface area (Å²) in [4.78, 5) is 4.54. The fourth-order valence-corrected chi connectivity index (χ4v) is 4.06. The number of pyridine rings is 1. The fraction of sp³-hybridized carbons (Fsp3) is 0.211. The minimum atomic E-state index is 1.01. The second-order valence-corrected chi connectivity index (χ2v) is 6.46. The molecule has 1 nitrogen and oxygen atoms in total. The molecule has 0 radical (unpaired) electrons. The lowest BCUT2D eigenvalue weighted by molar-refractivity contribution is 0.851. The molecule has 0 N–H and O–H groups in total. The van der Waals surface area contributed by atoms with Crippen molar-refractivity contribution in [1.29, 1.82) is 0 Å². The molecular formula is C19H17NS. The Morgan fingerprint density at radius 1 is 0.905 bits per heavy atom. The third-order valence-electron chi connectivity index (χ3n) is 4.17. The molecule has 0 amide bonds.